The van der Waals surface area contributed by atoms with Crippen molar-refractivity contribution in [1.82, 2.24) is 9.88 Å². The van der Waals surface area contributed by atoms with Crippen LogP contribution in [0.15, 0.2) is 77.2 Å². The normalized spacial score (nSPS) is 10.9. The average molecular weight is 370 g/mol. The Morgan fingerprint density at radius 2 is 1.61 bits per heavy atom. The number of rotatable bonds is 5. The predicted molar refractivity (Wildman–Crippen MR) is 110 cm³/mol. The molecule has 0 atom stereocenters. The van der Waals surface area contributed by atoms with E-state index in [9.17, 15) is 4.79 Å². The lowest BCUT2D eigenvalue weighted by Crippen LogP contribution is -2.30. The topological polar surface area (TPSA) is 46.3 Å². The molecule has 0 radical (unpaired) electrons. The quantitative estimate of drug-likeness (QED) is 0.480. The zero-order chi connectivity index (χ0) is 19.5. The Hall–Kier alpha value is -3.40. The molecule has 1 amide bonds. The largest absolute Gasteiger partial charge is 0.439 e. The third-order valence-corrected chi connectivity index (χ3v) is 4.72. The number of benzene rings is 3. The summed E-state index contributed by atoms with van der Waals surface area (Å²) in [6, 6.07) is 23.5. The Bertz CT molecular complexity index is 1100. The van der Waals surface area contributed by atoms with Crippen LogP contribution >= 0.6 is 0 Å². The lowest BCUT2D eigenvalue weighted by atomic mass is 10.1. The molecule has 0 spiro atoms. The number of nitrogens with zero attached hydrogens (tertiary/aromatic N) is 2. The summed E-state index contributed by atoms with van der Waals surface area (Å²) in [4.78, 5) is 19.5. The van der Waals surface area contributed by atoms with Crippen molar-refractivity contribution in [1.29, 1.82) is 0 Å². The molecule has 0 fully saturated rings. The van der Waals surface area contributed by atoms with Gasteiger partial charge in [-0.2, -0.15) is 0 Å². The van der Waals surface area contributed by atoms with Crippen molar-refractivity contribution >= 4 is 17.0 Å². The second kappa shape index (κ2) is 7.69. The van der Waals surface area contributed by atoms with Gasteiger partial charge in [-0.25, -0.2) is 4.98 Å². The Balaban J connectivity index is 1.64. The summed E-state index contributed by atoms with van der Waals surface area (Å²) in [6.07, 6.45) is 0. The van der Waals surface area contributed by atoms with E-state index in [4.69, 9.17) is 4.42 Å². The van der Waals surface area contributed by atoms with Gasteiger partial charge in [0.1, 0.15) is 5.52 Å². The van der Waals surface area contributed by atoms with Crippen LogP contribution < -0.4 is 0 Å². The Labute approximate surface area is 164 Å². The van der Waals surface area contributed by atoms with Crippen LogP contribution in [0.3, 0.4) is 0 Å². The average Bonchev–Trinajstić information content (AvgIpc) is 3.10. The lowest BCUT2D eigenvalue weighted by molar-refractivity contribution is 0.0715. The van der Waals surface area contributed by atoms with Gasteiger partial charge in [-0.05, 0) is 49.2 Å². The maximum absolute atomic E-state index is 13.1. The summed E-state index contributed by atoms with van der Waals surface area (Å²) < 4.78 is 5.89. The summed E-state index contributed by atoms with van der Waals surface area (Å²) in [6.45, 7) is 4.88. The Morgan fingerprint density at radius 1 is 0.893 bits per heavy atom. The first-order valence-corrected chi connectivity index (χ1v) is 9.34. The molecule has 0 unspecified atom stereocenters. The van der Waals surface area contributed by atoms with Gasteiger partial charge in [0.2, 0.25) is 5.89 Å². The summed E-state index contributed by atoms with van der Waals surface area (Å²) in [5.74, 6) is 0.497. The Kier molecular flexibility index (Phi) is 4.94. The van der Waals surface area contributed by atoms with E-state index in [0.717, 1.165) is 22.2 Å². The van der Waals surface area contributed by atoms with Gasteiger partial charge in [-0.1, -0.05) is 54.1 Å². The van der Waals surface area contributed by atoms with Crippen molar-refractivity contribution in [2.75, 3.05) is 0 Å². The van der Waals surface area contributed by atoms with Crippen LogP contribution in [0.5, 0.6) is 0 Å². The second-order valence-electron chi connectivity index (χ2n) is 7.09. The number of hydrogen-bond acceptors (Lipinski definition) is 3. The van der Waals surface area contributed by atoms with E-state index in [2.05, 4.69) is 36.2 Å². The minimum absolute atomic E-state index is 0.0420. The third-order valence-electron chi connectivity index (χ3n) is 4.72. The van der Waals surface area contributed by atoms with Crippen molar-refractivity contribution < 1.29 is 9.21 Å². The van der Waals surface area contributed by atoms with Crippen molar-refractivity contribution in [3.8, 4) is 0 Å². The molecule has 28 heavy (non-hydrogen) atoms. The molecule has 0 saturated heterocycles. The van der Waals surface area contributed by atoms with E-state index in [1.807, 2.05) is 55.5 Å². The molecule has 0 aliphatic heterocycles. The van der Waals surface area contributed by atoms with Crippen molar-refractivity contribution in [2.24, 2.45) is 0 Å². The zero-order valence-corrected chi connectivity index (χ0v) is 16.1. The maximum atomic E-state index is 13.1. The van der Waals surface area contributed by atoms with Crippen LogP contribution in [-0.2, 0) is 13.1 Å². The maximum Gasteiger partial charge on any atom is 0.254 e. The molecule has 4 rings (SSSR count). The molecule has 3 aromatic carbocycles. The van der Waals surface area contributed by atoms with Crippen molar-refractivity contribution in [3.63, 3.8) is 0 Å². The molecule has 4 nitrogen and oxygen atoms in total. The highest BCUT2D eigenvalue weighted by atomic mass is 16.3. The highest BCUT2D eigenvalue weighted by Gasteiger charge is 2.19. The summed E-state index contributed by atoms with van der Waals surface area (Å²) in [5.41, 5.74) is 5.60. The molecule has 0 saturated carbocycles. The molecular formula is C24H22N2O2. The molecule has 0 aliphatic rings. The van der Waals surface area contributed by atoms with E-state index < -0.39 is 0 Å². The monoisotopic (exact) mass is 370 g/mol. The van der Waals surface area contributed by atoms with Crippen LogP contribution in [0.2, 0.25) is 0 Å². The van der Waals surface area contributed by atoms with Crippen molar-refractivity contribution in [2.45, 2.75) is 26.9 Å². The van der Waals surface area contributed by atoms with Gasteiger partial charge in [0.05, 0.1) is 6.54 Å². The SMILES string of the molecule is Cc1ccc(CN(Cc2nc3cc(C)ccc3o2)C(=O)c2ccccc2)cc1. The second-order valence-corrected chi connectivity index (χ2v) is 7.09. The number of aromatic nitrogens is 1. The number of oxazole rings is 1. The van der Waals surface area contributed by atoms with Crippen LogP contribution in [0, 0.1) is 13.8 Å². The highest BCUT2D eigenvalue weighted by Crippen LogP contribution is 2.20. The van der Waals surface area contributed by atoms with Crippen LogP contribution in [0.4, 0.5) is 0 Å². The number of carbonyl (C=O) groups is 1. The fourth-order valence-electron chi connectivity index (χ4n) is 3.19. The molecule has 0 bridgehead atoms. The minimum Gasteiger partial charge on any atom is -0.439 e. The molecule has 1 heterocycles. The smallest absolute Gasteiger partial charge is 0.254 e. The summed E-state index contributed by atoms with van der Waals surface area (Å²) in [5, 5.41) is 0. The highest BCUT2D eigenvalue weighted by molar-refractivity contribution is 5.94. The molecule has 0 aliphatic carbocycles. The summed E-state index contributed by atoms with van der Waals surface area (Å²) in [7, 11) is 0. The molecule has 0 N–H and O–H groups in total. The fourth-order valence-corrected chi connectivity index (χ4v) is 3.19. The first-order valence-electron chi connectivity index (χ1n) is 9.34. The lowest BCUT2D eigenvalue weighted by Gasteiger charge is -2.21. The van der Waals surface area contributed by atoms with E-state index in [1.54, 1.807) is 4.90 Å². The van der Waals surface area contributed by atoms with E-state index >= 15 is 0 Å². The fraction of sp³-hybridized carbons (Fsp3) is 0.167. The molecule has 1 aromatic heterocycles. The third kappa shape index (κ3) is 3.96. The Morgan fingerprint density at radius 3 is 2.36 bits per heavy atom. The van der Waals surface area contributed by atoms with Crippen LogP contribution in [-0.4, -0.2) is 15.8 Å². The van der Waals surface area contributed by atoms with E-state index in [1.165, 1.54) is 5.56 Å². The van der Waals surface area contributed by atoms with Crippen LogP contribution in [0.25, 0.3) is 11.1 Å². The van der Waals surface area contributed by atoms with Gasteiger partial charge in [0.15, 0.2) is 5.58 Å². The summed E-state index contributed by atoms with van der Waals surface area (Å²) >= 11 is 0. The van der Waals surface area contributed by atoms with Gasteiger partial charge >= 0.3 is 0 Å². The molecule has 4 heteroatoms. The van der Waals surface area contributed by atoms with Gasteiger partial charge in [0.25, 0.3) is 5.91 Å². The van der Waals surface area contributed by atoms with Gasteiger partial charge in [0, 0.05) is 12.1 Å². The molecule has 4 aromatic rings. The van der Waals surface area contributed by atoms with E-state index in [-0.39, 0.29) is 5.91 Å². The van der Waals surface area contributed by atoms with Gasteiger partial charge < -0.3 is 9.32 Å². The molecular weight excluding hydrogens is 348 g/mol. The minimum atomic E-state index is -0.0420. The first-order chi connectivity index (χ1) is 13.6. The van der Waals surface area contributed by atoms with Crippen molar-refractivity contribution in [3.05, 3.63) is 101 Å². The first kappa shape index (κ1) is 18.0. The standard InChI is InChI=1S/C24H22N2O2/c1-17-8-11-19(12-9-17)15-26(24(27)20-6-4-3-5-7-20)16-23-25-21-14-18(2)10-13-22(21)28-23/h3-14H,15-16H2,1-2H3. The number of aryl methyl sites for hydroxylation is 2. The number of hydrogen-bond donors (Lipinski definition) is 0. The number of amides is 1. The predicted octanol–water partition coefficient (Wildman–Crippen LogP) is 5.29. The number of carbonyl (C=O) groups excluding carboxylic acids is 1. The number of fused-ring (bicyclic) bond motifs is 1. The van der Waals surface area contributed by atoms with E-state index in [0.29, 0.717) is 24.5 Å². The van der Waals surface area contributed by atoms with Crippen LogP contribution in [0.1, 0.15) is 32.9 Å². The molecule has 140 valence electrons. The zero-order valence-electron chi connectivity index (χ0n) is 16.1. The van der Waals surface area contributed by atoms with Gasteiger partial charge in [-0.15, -0.1) is 0 Å². The van der Waals surface area contributed by atoms with Gasteiger partial charge in [-0.3, -0.25) is 4.79 Å².